The van der Waals surface area contributed by atoms with Gasteiger partial charge in [0.15, 0.2) is 0 Å². The molecule has 0 saturated heterocycles. The van der Waals surface area contributed by atoms with Crippen LogP contribution in [0.3, 0.4) is 0 Å². The van der Waals surface area contributed by atoms with Crippen LogP contribution in [0.1, 0.15) is 10.7 Å². The lowest BCUT2D eigenvalue weighted by atomic mass is 10.1. The van der Waals surface area contributed by atoms with Crippen molar-refractivity contribution in [2.75, 3.05) is 6.54 Å². The van der Waals surface area contributed by atoms with Crippen molar-refractivity contribution in [2.24, 2.45) is 16.5 Å². The number of imidazole rings is 1. The van der Waals surface area contributed by atoms with E-state index >= 15 is 0 Å². The van der Waals surface area contributed by atoms with Crippen LogP contribution in [0.4, 0.5) is 5.69 Å². The third kappa shape index (κ3) is 3.24. The summed E-state index contributed by atoms with van der Waals surface area (Å²) in [6.45, 7) is 0.578. The molecule has 0 aliphatic carbocycles. The van der Waals surface area contributed by atoms with E-state index < -0.39 is 0 Å². The van der Waals surface area contributed by atoms with Crippen LogP contribution in [0, 0.1) is 0 Å². The number of nitrogens with two attached hydrogens (primary N) is 2. The summed E-state index contributed by atoms with van der Waals surface area (Å²) >= 11 is 1.57. The Kier molecular flexibility index (Phi) is 4.32. The Labute approximate surface area is 132 Å². The van der Waals surface area contributed by atoms with E-state index in [0.717, 1.165) is 34.1 Å². The summed E-state index contributed by atoms with van der Waals surface area (Å²) in [5.74, 6) is 1.42. The van der Waals surface area contributed by atoms with Crippen molar-refractivity contribution >= 4 is 22.9 Å². The Morgan fingerprint density at radius 2 is 2.18 bits per heavy atom. The number of rotatable bonds is 5. The molecule has 2 aromatic heterocycles. The summed E-state index contributed by atoms with van der Waals surface area (Å²) in [4.78, 5) is 13.1. The van der Waals surface area contributed by atoms with Gasteiger partial charge in [-0.3, -0.25) is 0 Å². The summed E-state index contributed by atoms with van der Waals surface area (Å²) < 4.78 is 0. The van der Waals surface area contributed by atoms with E-state index in [1.165, 1.54) is 0 Å². The zero-order valence-corrected chi connectivity index (χ0v) is 12.8. The van der Waals surface area contributed by atoms with Crippen molar-refractivity contribution < 1.29 is 0 Å². The third-order valence-corrected chi connectivity index (χ3v) is 4.07. The van der Waals surface area contributed by atoms with Crippen molar-refractivity contribution in [3.63, 3.8) is 0 Å². The Morgan fingerprint density at radius 1 is 1.27 bits per heavy atom. The topological polar surface area (TPSA) is 93.1 Å². The summed E-state index contributed by atoms with van der Waals surface area (Å²) in [6, 6.07) is 11.8. The van der Waals surface area contributed by atoms with Gasteiger partial charge in [0.05, 0.1) is 16.3 Å². The first kappa shape index (κ1) is 14.5. The lowest BCUT2D eigenvalue weighted by Gasteiger charge is -2.01. The molecule has 22 heavy (non-hydrogen) atoms. The molecule has 6 heteroatoms. The van der Waals surface area contributed by atoms with Crippen molar-refractivity contribution in [2.45, 2.75) is 6.42 Å². The highest BCUT2D eigenvalue weighted by Gasteiger charge is 2.05. The molecule has 3 aromatic rings. The van der Waals surface area contributed by atoms with E-state index in [9.17, 15) is 0 Å². The number of hydrogen-bond acceptors (Lipinski definition) is 4. The number of thiophene rings is 1. The van der Waals surface area contributed by atoms with Gasteiger partial charge >= 0.3 is 0 Å². The molecule has 1 aromatic carbocycles. The molecule has 0 radical (unpaired) electrons. The summed E-state index contributed by atoms with van der Waals surface area (Å²) in [5, 5.41) is 1.98. The van der Waals surface area contributed by atoms with Crippen LogP contribution in [-0.4, -0.2) is 22.3 Å². The van der Waals surface area contributed by atoms with Crippen molar-refractivity contribution in [1.82, 2.24) is 9.97 Å². The number of benzene rings is 1. The van der Waals surface area contributed by atoms with E-state index in [1.807, 2.05) is 48.0 Å². The fourth-order valence-electron chi connectivity index (χ4n) is 2.13. The lowest BCUT2D eigenvalue weighted by molar-refractivity contribution is 0.895. The second-order valence-corrected chi connectivity index (χ2v) is 5.74. The van der Waals surface area contributed by atoms with Crippen LogP contribution >= 0.6 is 11.3 Å². The molecule has 0 aliphatic heterocycles. The smallest absolute Gasteiger partial charge is 0.141 e. The molecular formula is C16H17N5S. The van der Waals surface area contributed by atoms with Gasteiger partial charge in [-0.15, -0.1) is 11.3 Å². The van der Waals surface area contributed by atoms with E-state index in [2.05, 4.69) is 15.0 Å². The van der Waals surface area contributed by atoms with Crippen LogP contribution in [0.15, 0.2) is 53.0 Å². The normalized spacial score (nSPS) is 11.8. The molecule has 0 atom stereocenters. The molecule has 5 nitrogen and oxygen atoms in total. The summed E-state index contributed by atoms with van der Waals surface area (Å²) in [5.41, 5.74) is 14.3. The van der Waals surface area contributed by atoms with Gasteiger partial charge in [-0.2, -0.15) is 0 Å². The van der Waals surface area contributed by atoms with Gasteiger partial charge in [0.25, 0.3) is 0 Å². The van der Waals surface area contributed by atoms with Crippen LogP contribution in [-0.2, 0) is 6.42 Å². The SMILES string of the molecule is NCCc1nc(-c2cccc(N=C(N)c3cccs3)c2)c[nH]1. The average molecular weight is 311 g/mol. The zero-order valence-electron chi connectivity index (χ0n) is 12.0. The van der Waals surface area contributed by atoms with Gasteiger partial charge in [-0.1, -0.05) is 18.2 Å². The van der Waals surface area contributed by atoms with E-state index in [1.54, 1.807) is 11.3 Å². The molecule has 5 N–H and O–H groups in total. The molecule has 0 spiro atoms. The fourth-order valence-corrected chi connectivity index (χ4v) is 2.75. The highest BCUT2D eigenvalue weighted by molar-refractivity contribution is 7.12. The molecule has 0 unspecified atom stereocenters. The van der Waals surface area contributed by atoms with E-state index in [4.69, 9.17) is 11.5 Å². The molecular weight excluding hydrogens is 294 g/mol. The molecule has 0 fully saturated rings. The van der Waals surface area contributed by atoms with Crippen LogP contribution in [0.5, 0.6) is 0 Å². The standard InChI is InChI=1S/C16H17N5S/c17-7-6-15-19-10-13(21-15)11-3-1-4-12(9-11)20-16(18)14-5-2-8-22-14/h1-5,8-10H,6-7,17H2,(H2,18,20)(H,19,21). The minimum Gasteiger partial charge on any atom is -0.383 e. The maximum Gasteiger partial charge on any atom is 0.141 e. The second-order valence-electron chi connectivity index (χ2n) is 4.80. The molecule has 3 rings (SSSR count). The first-order valence-electron chi connectivity index (χ1n) is 6.99. The number of hydrogen-bond donors (Lipinski definition) is 3. The maximum atomic E-state index is 6.03. The Balaban J connectivity index is 1.87. The molecule has 0 aliphatic rings. The molecule has 2 heterocycles. The van der Waals surface area contributed by atoms with Crippen LogP contribution in [0.2, 0.25) is 0 Å². The van der Waals surface area contributed by atoms with Crippen molar-refractivity contribution in [3.05, 3.63) is 58.7 Å². The summed E-state index contributed by atoms with van der Waals surface area (Å²) in [7, 11) is 0. The van der Waals surface area contributed by atoms with Crippen LogP contribution < -0.4 is 11.5 Å². The van der Waals surface area contributed by atoms with Gasteiger partial charge in [-0.05, 0) is 30.1 Å². The molecule has 0 bridgehead atoms. The minimum atomic E-state index is 0.526. The van der Waals surface area contributed by atoms with Gasteiger partial charge in [0, 0.05) is 18.2 Å². The summed E-state index contributed by atoms with van der Waals surface area (Å²) in [6.07, 6.45) is 2.62. The number of aromatic nitrogens is 2. The third-order valence-electron chi connectivity index (χ3n) is 3.18. The molecule has 0 amide bonds. The van der Waals surface area contributed by atoms with Gasteiger partial charge in [0.1, 0.15) is 11.7 Å². The number of nitrogens with one attached hydrogen (secondary N) is 1. The fraction of sp³-hybridized carbons (Fsp3) is 0.125. The Morgan fingerprint density at radius 3 is 2.95 bits per heavy atom. The first-order valence-corrected chi connectivity index (χ1v) is 7.87. The Hall–Kier alpha value is -2.44. The average Bonchev–Trinajstić information content (AvgIpc) is 3.19. The van der Waals surface area contributed by atoms with Gasteiger partial charge in [-0.25, -0.2) is 9.98 Å². The highest BCUT2D eigenvalue weighted by atomic mass is 32.1. The highest BCUT2D eigenvalue weighted by Crippen LogP contribution is 2.23. The number of aromatic amines is 1. The quantitative estimate of drug-likeness (QED) is 0.499. The van der Waals surface area contributed by atoms with E-state index in [-0.39, 0.29) is 0 Å². The molecule has 112 valence electrons. The number of nitrogens with zero attached hydrogens (tertiary/aromatic N) is 2. The van der Waals surface area contributed by atoms with E-state index in [0.29, 0.717) is 12.4 Å². The first-order chi connectivity index (χ1) is 10.8. The monoisotopic (exact) mass is 311 g/mol. The number of amidine groups is 1. The Bertz CT molecular complexity index is 773. The predicted octanol–water partition coefficient (Wildman–Crippen LogP) is 2.68. The maximum absolute atomic E-state index is 6.03. The largest absolute Gasteiger partial charge is 0.383 e. The minimum absolute atomic E-state index is 0.526. The van der Waals surface area contributed by atoms with Gasteiger partial charge in [0.2, 0.25) is 0 Å². The number of H-pyrrole nitrogens is 1. The van der Waals surface area contributed by atoms with Crippen LogP contribution in [0.25, 0.3) is 11.3 Å². The zero-order chi connectivity index (χ0) is 15.4. The van der Waals surface area contributed by atoms with Crippen molar-refractivity contribution in [1.29, 1.82) is 0 Å². The lowest BCUT2D eigenvalue weighted by Crippen LogP contribution is -2.10. The number of aliphatic imine (C=N–C) groups is 1. The predicted molar refractivity (Wildman–Crippen MR) is 91.5 cm³/mol. The second kappa shape index (κ2) is 6.55. The van der Waals surface area contributed by atoms with Gasteiger partial charge < -0.3 is 16.5 Å². The van der Waals surface area contributed by atoms with Crippen molar-refractivity contribution in [3.8, 4) is 11.3 Å². The molecule has 0 saturated carbocycles.